The van der Waals surface area contributed by atoms with Gasteiger partial charge in [0.15, 0.2) is 11.6 Å². The minimum absolute atomic E-state index is 0.0312. The van der Waals surface area contributed by atoms with E-state index in [1.54, 1.807) is 0 Å². The fourth-order valence-corrected chi connectivity index (χ4v) is 11.3. The lowest BCUT2D eigenvalue weighted by Crippen LogP contribution is -2.28. The number of rotatable bonds is 4. The smallest absolute Gasteiger partial charge is 0.186 e. The maximum atomic E-state index is 14.2. The lowest BCUT2D eigenvalue weighted by molar-refractivity contribution is -0.114. The second-order valence-electron chi connectivity index (χ2n) is 19.5. The largest absolute Gasteiger partial charge is 0.456 e. The zero-order valence-corrected chi connectivity index (χ0v) is 40.1. The number of Topliss-reactive ketones (excluding diaryl/α,β-unsaturated/α-hetero) is 2. The fraction of sp³-hybridized carbons (Fsp3) is 0.320. The SMILES string of the molecule is CC(C)(C)C1=CC(=C(c2ccc(C(=C3C=C(C(C)(C)C)C(=O)C(C(C)(C)C)=C3)c3sc4cc(Cl)ccc4c3Cl)o2)c2sc3cc(Cl)ccc3c2Cl)C=C(C(C)(C)C)C1=O. The van der Waals surface area contributed by atoms with Gasteiger partial charge < -0.3 is 4.42 Å². The van der Waals surface area contributed by atoms with Crippen molar-refractivity contribution in [1.29, 1.82) is 0 Å². The molecule has 306 valence electrons. The second kappa shape index (κ2) is 15.2. The topological polar surface area (TPSA) is 47.3 Å². The van der Waals surface area contributed by atoms with Crippen LogP contribution in [0.2, 0.25) is 20.1 Å². The first-order chi connectivity index (χ1) is 27.3. The van der Waals surface area contributed by atoms with E-state index in [0.29, 0.717) is 53.9 Å². The van der Waals surface area contributed by atoms with Crippen molar-refractivity contribution >= 4 is 112 Å². The van der Waals surface area contributed by atoms with Crippen molar-refractivity contribution < 1.29 is 14.0 Å². The molecule has 2 aliphatic rings. The van der Waals surface area contributed by atoms with Gasteiger partial charge >= 0.3 is 0 Å². The van der Waals surface area contributed by atoms with Crippen LogP contribution < -0.4 is 0 Å². The van der Waals surface area contributed by atoms with Crippen molar-refractivity contribution in [2.75, 3.05) is 0 Å². The predicted octanol–water partition coefficient (Wildman–Crippen LogP) is 17.0. The molecular weight excluding hydrogens is 854 g/mol. The van der Waals surface area contributed by atoms with E-state index in [9.17, 15) is 9.59 Å². The molecule has 0 saturated carbocycles. The van der Waals surface area contributed by atoms with Crippen LogP contribution in [-0.4, -0.2) is 11.6 Å². The second-order valence-corrected chi connectivity index (χ2v) is 23.2. The van der Waals surface area contributed by atoms with Crippen molar-refractivity contribution in [3.63, 3.8) is 0 Å². The maximum Gasteiger partial charge on any atom is 0.186 e. The highest BCUT2D eigenvalue weighted by atomic mass is 35.5. The van der Waals surface area contributed by atoms with E-state index in [4.69, 9.17) is 50.8 Å². The molecule has 59 heavy (non-hydrogen) atoms. The Morgan fingerprint density at radius 3 is 1.07 bits per heavy atom. The van der Waals surface area contributed by atoms with E-state index in [1.165, 1.54) is 22.7 Å². The van der Waals surface area contributed by atoms with Gasteiger partial charge in [0.1, 0.15) is 11.5 Å². The average molecular weight is 903 g/mol. The Morgan fingerprint density at radius 2 is 0.780 bits per heavy atom. The predicted molar refractivity (Wildman–Crippen MR) is 255 cm³/mol. The van der Waals surface area contributed by atoms with Gasteiger partial charge in [-0.05, 0) is 93.5 Å². The molecule has 0 amide bonds. The van der Waals surface area contributed by atoms with Crippen LogP contribution in [0.1, 0.15) is 104 Å². The maximum absolute atomic E-state index is 14.2. The van der Waals surface area contributed by atoms with Gasteiger partial charge in [0, 0.05) is 63.7 Å². The summed E-state index contributed by atoms with van der Waals surface area (Å²) in [6.07, 6.45) is 7.99. The molecule has 0 saturated heterocycles. The third kappa shape index (κ3) is 8.21. The first kappa shape index (κ1) is 43.7. The summed E-state index contributed by atoms with van der Waals surface area (Å²) in [6, 6.07) is 15.3. The van der Waals surface area contributed by atoms with E-state index in [2.05, 4.69) is 83.1 Å². The Kier molecular flexibility index (Phi) is 11.2. The Labute approximate surface area is 375 Å². The molecular formula is C50H48Cl4O3S2. The summed E-state index contributed by atoms with van der Waals surface area (Å²) in [4.78, 5) is 30.0. The Bertz CT molecular complexity index is 2550. The van der Waals surface area contributed by atoms with E-state index < -0.39 is 21.7 Å². The van der Waals surface area contributed by atoms with Crippen molar-refractivity contribution in [3.05, 3.63) is 148 Å². The lowest BCUT2D eigenvalue weighted by Gasteiger charge is -2.32. The highest BCUT2D eigenvalue weighted by Gasteiger charge is 2.38. The van der Waals surface area contributed by atoms with Crippen molar-refractivity contribution in [1.82, 2.24) is 0 Å². The molecule has 0 bridgehead atoms. The molecule has 0 unspecified atom stereocenters. The molecule has 3 heterocycles. The average Bonchev–Trinajstić information content (AvgIpc) is 3.80. The number of furan rings is 1. The van der Waals surface area contributed by atoms with Gasteiger partial charge in [0.05, 0.1) is 19.8 Å². The van der Waals surface area contributed by atoms with Crippen molar-refractivity contribution in [3.8, 4) is 0 Å². The quantitative estimate of drug-likeness (QED) is 0.181. The van der Waals surface area contributed by atoms with Crippen LogP contribution in [0, 0.1) is 21.7 Å². The molecule has 0 spiro atoms. The number of benzene rings is 2. The highest BCUT2D eigenvalue weighted by Crippen LogP contribution is 2.51. The minimum Gasteiger partial charge on any atom is -0.456 e. The Hall–Kier alpha value is -3.42. The number of carbonyl (C=O) groups is 2. The molecule has 0 atom stereocenters. The summed E-state index contributed by atoms with van der Waals surface area (Å²) < 4.78 is 9.01. The summed E-state index contributed by atoms with van der Waals surface area (Å²) in [6.45, 7) is 24.8. The van der Waals surface area contributed by atoms with E-state index >= 15 is 0 Å². The summed E-state index contributed by atoms with van der Waals surface area (Å²) >= 11 is 30.8. The number of allylic oxidation sites excluding steroid dienone is 10. The Morgan fingerprint density at radius 1 is 0.475 bits per heavy atom. The standard InChI is InChI=1S/C50H48Cl4O3S2/c1-47(2,3)31-19-25(20-32(43(31)55)48(4,5)6)39(45-41(53)29-15-13-27(51)23-37(29)58-45)35-17-18-36(57-35)40(46-42(54)30-16-14-28(52)24-38(30)59-46)26-21-33(49(7,8)9)44(56)34(22-26)50(10,11)12/h13-24H,1-12H3. The van der Waals surface area contributed by atoms with Gasteiger partial charge in [-0.3, -0.25) is 9.59 Å². The van der Waals surface area contributed by atoms with Crippen LogP contribution in [0.15, 0.2) is 111 Å². The van der Waals surface area contributed by atoms with Crippen LogP contribution in [0.4, 0.5) is 0 Å². The van der Waals surface area contributed by atoms with Gasteiger partial charge in [0.25, 0.3) is 0 Å². The number of carbonyl (C=O) groups excluding carboxylic acids is 2. The normalized spacial score (nSPS) is 15.9. The zero-order valence-electron chi connectivity index (χ0n) is 35.5. The molecule has 0 fully saturated rings. The van der Waals surface area contributed by atoms with E-state index in [1.807, 2.05) is 72.8 Å². The summed E-state index contributed by atoms with van der Waals surface area (Å²) in [5.74, 6) is 1.18. The summed E-state index contributed by atoms with van der Waals surface area (Å²) in [5.41, 5.74) is 4.16. The van der Waals surface area contributed by atoms with Gasteiger partial charge in [-0.1, -0.05) is 142 Å². The van der Waals surface area contributed by atoms with Crippen LogP contribution in [0.5, 0.6) is 0 Å². The molecule has 3 nitrogen and oxygen atoms in total. The van der Waals surface area contributed by atoms with Crippen LogP contribution in [0.25, 0.3) is 31.3 Å². The third-order valence-electron chi connectivity index (χ3n) is 10.7. The van der Waals surface area contributed by atoms with Crippen LogP contribution >= 0.6 is 69.1 Å². The minimum atomic E-state index is -0.449. The molecule has 2 aliphatic carbocycles. The molecule has 2 aromatic carbocycles. The molecule has 3 aromatic heterocycles. The first-order valence-corrected chi connectivity index (χ1v) is 22.7. The number of hydrogen-bond acceptors (Lipinski definition) is 5. The highest BCUT2D eigenvalue weighted by molar-refractivity contribution is 7.21. The summed E-state index contributed by atoms with van der Waals surface area (Å²) in [5, 5.41) is 4.10. The van der Waals surface area contributed by atoms with Crippen LogP contribution in [0.3, 0.4) is 0 Å². The van der Waals surface area contributed by atoms with Gasteiger partial charge in [-0.2, -0.15) is 0 Å². The first-order valence-electron chi connectivity index (χ1n) is 19.6. The molecule has 5 aromatic rings. The number of ketones is 2. The molecule has 9 heteroatoms. The van der Waals surface area contributed by atoms with Crippen molar-refractivity contribution in [2.45, 2.75) is 83.1 Å². The number of hydrogen-bond donors (Lipinski definition) is 0. The number of thiophene rings is 2. The zero-order chi connectivity index (χ0) is 43.3. The molecule has 0 aliphatic heterocycles. The molecule has 7 rings (SSSR count). The summed E-state index contributed by atoms with van der Waals surface area (Å²) in [7, 11) is 0. The third-order valence-corrected chi connectivity index (χ3v) is 14.5. The number of halogens is 4. The van der Waals surface area contributed by atoms with Gasteiger partial charge in [-0.25, -0.2) is 0 Å². The van der Waals surface area contributed by atoms with Crippen molar-refractivity contribution in [2.24, 2.45) is 21.7 Å². The monoisotopic (exact) mass is 900 g/mol. The Balaban J connectivity index is 1.60. The van der Waals surface area contributed by atoms with Gasteiger partial charge in [0.2, 0.25) is 0 Å². The van der Waals surface area contributed by atoms with E-state index in [0.717, 1.165) is 52.2 Å². The fourth-order valence-electron chi connectivity index (χ4n) is 7.55. The molecule has 0 N–H and O–H groups in total. The molecule has 0 radical (unpaired) electrons. The lowest BCUT2D eigenvalue weighted by atomic mass is 9.71. The number of fused-ring (bicyclic) bond motifs is 2. The van der Waals surface area contributed by atoms with Crippen LogP contribution in [-0.2, 0) is 9.59 Å². The van der Waals surface area contributed by atoms with Gasteiger partial charge in [-0.15, -0.1) is 22.7 Å². The van der Waals surface area contributed by atoms with E-state index in [-0.39, 0.29) is 11.6 Å².